The monoisotopic (exact) mass is 304 g/mol. The first-order chi connectivity index (χ1) is 11.9. The maximum atomic E-state index is 11.3. The number of hydrogen-bond acceptors (Lipinski definition) is 4. The first-order valence-corrected chi connectivity index (χ1v) is 6.79. The van der Waals surface area contributed by atoms with Crippen LogP contribution in [-0.2, 0) is 4.74 Å². The number of amides is 1. The van der Waals surface area contributed by atoms with Gasteiger partial charge in [-0.2, -0.15) is 0 Å². The summed E-state index contributed by atoms with van der Waals surface area (Å²) in [5, 5.41) is 2.41. The molecule has 0 fully saturated rings. The molecule has 2 aromatic carbocycles. The van der Waals surface area contributed by atoms with Crippen molar-refractivity contribution in [2.24, 2.45) is 0 Å². The van der Waals surface area contributed by atoms with Gasteiger partial charge in [0.05, 0.1) is 13.2 Å². The Morgan fingerprint density at radius 3 is 2.45 bits per heavy atom. The van der Waals surface area contributed by atoms with Gasteiger partial charge in [0.15, 0.2) is 0 Å². The minimum absolute atomic E-state index is 0.197. The van der Waals surface area contributed by atoms with Gasteiger partial charge in [0.25, 0.3) is 0 Å². The van der Waals surface area contributed by atoms with Gasteiger partial charge in [0, 0.05) is 4.11 Å². The SMILES string of the molecule is [2H]C([2H])([2H])COC(=O)NCCOc1ccc(Oc2ccccc2)cc1. The average molecular weight is 304 g/mol. The molecule has 2 aromatic rings. The number of para-hydroxylation sites is 1. The van der Waals surface area contributed by atoms with Gasteiger partial charge in [0.2, 0.25) is 0 Å². The highest BCUT2D eigenvalue weighted by Gasteiger charge is 2.00. The summed E-state index contributed by atoms with van der Waals surface area (Å²) in [6.07, 6.45) is -0.786. The molecule has 0 unspecified atom stereocenters. The molecule has 0 spiro atoms. The molecule has 0 aromatic heterocycles. The summed E-state index contributed by atoms with van der Waals surface area (Å²) in [5.41, 5.74) is 0. The molecule has 0 heterocycles. The van der Waals surface area contributed by atoms with E-state index in [4.69, 9.17) is 13.6 Å². The molecule has 0 atom stereocenters. The summed E-state index contributed by atoms with van der Waals surface area (Å²) in [6.45, 7) is -2.50. The van der Waals surface area contributed by atoms with E-state index in [2.05, 4.69) is 10.1 Å². The standard InChI is InChI=1S/C17H19NO4/c1-2-20-17(19)18-12-13-21-14-8-10-16(11-9-14)22-15-6-4-3-5-7-15/h3-11H,2,12-13H2,1H3,(H,18,19)/i1D3. The zero-order chi connectivity index (χ0) is 18.1. The third kappa shape index (κ3) is 5.36. The van der Waals surface area contributed by atoms with Crippen LogP contribution in [0.15, 0.2) is 54.6 Å². The zero-order valence-corrected chi connectivity index (χ0v) is 12.0. The van der Waals surface area contributed by atoms with Crippen molar-refractivity contribution in [1.82, 2.24) is 5.32 Å². The van der Waals surface area contributed by atoms with Crippen molar-refractivity contribution in [1.29, 1.82) is 0 Å². The van der Waals surface area contributed by atoms with E-state index in [9.17, 15) is 4.79 Å². The summed E-state index contributed by atoms with van der Waals surface area (Å²) in [4.78, 5) is 11.3. The molecule has 5 nitrogen and oxygen atoms in total. The summed E-state index contributed by atoms with van der Waals surface area (Å²) in [5.74, 6) is 2.05. The van der Waals surface area contributed by atoms with Crippen molar-refractivity contribution < 1.29 is 23.1 Å². The molecule has 0 saturated heterocycles. The van der Waals surface area contributed by atoms with Crippen LogP contribution in [0.3, 0.4) is 0 Å². The second-order valence-electron chi connectivity index (χ2n) is 4.24. The van der Waals surface area contributed by atoms with Gasteiger partial charge in [-0.05, 0) is 43.3 Å². The smallest absolute Gasteiger partial charge is 0.407 e. The molecule has 22 heavy (non-hydrogen) atoms. The Morgan fingerprint density at radius 1 is 1.05 bits per heavy atom. The fourth-order valence-electron chi connectivity index (χ4n) is 1.67. The maximum Gasteiger partial charge on any atom is 0.407 e. The predicted molar refractivity (Wildman–Crippen MR) is 83.5 cm³/mol. The molecule has 0 aliphatic heterocycles. The summed E-state index contributed by atoms with van der Waals surface area (Å²) in [6, 6.07) is 16.5. The van der Waals surface area contributed by atoms with E-state index in [-0.39, 0.29) is 13.2 Å². The molecular weight excluding hydrogens is 282 g/mol. The predicted octanol–water partition coefficient (Wildman–Crippen LogP) is 3.60. The average Bonchev–Trinajstić information content (AvgIpc) is 2.59. The highest BCUT2D eigenvalue weighted by atomic mass is 16.5. The summed E-state index contributed by atoms with van der Waals surface area (Å²) < 4.78 is 36.5. The second kappa shape index (κ2) is 8.56. The normalized spacial score (nSPS) is 12.5. The van der Waals surface area contributed by atoms with Gasteiger partial charge >= 0.3 is 6.09 Å². The lowest BCUT2D eigenvalue weighted by Gasteiger charge is -2.09. The van der Waals surface area contributed by atoms with E-state index >= 15 is 0 Å². The van der Waals surface area contributed by atoms with Gasteiger partial charge in [-0.25, -0.2) is 4.79 Å². The number of rotatable bonds is 7. The van der Waals surface area contributed by atoms with E-state index in [0.29, 0.717) is 11.5 Å². The third-order valence-corrected chi connectivity index (χ3v) is 2.65. The lowest BCUT2D eigenvalue weighted by atomic mass is 10.3. The number of nitrogens with one attached hydrogen (secondary N) is 1. The van der Waals surface area contributed by atoms with Crippen LogP contribution in [0.2, 0.25) is 0 Å². The van der Waals surface area contributed by atoms with Gasteiger partial charge in [0.1, 0.15) is 23.9 Å². The van der Waals surface area contributed by atoms with E-state index in [0.717, 1.165) is 5.75 Å². The third-order valence-electron chi connectivity index (χ3n) is 2.65. The lowest BCUT2D eigenvalue weighted by molar-refractivity contribution is 0.150. The van der Waals surface area contributed by atoms with Gasteiger partial charge in [-0.15, -0.1) is 0 Å². The Kier molecular flexibility index (Phi) is 4.64. The van der Waals surface area contributed by atoms with Crippen LogP contribution in [0.25, 0.3) is 0 Å². The molecular formula is C17H19NO4. The molecule has 0 bridgehead atoms. The van der Waals surface area contributed by atoms with Crippen LogP contribution < -0.4 is 14.8 Å². The van der Waals surface area contributed by atoms with Crippen molar-refractivity contribution in [3.05, 3.63) is 54.6 Å². The Balaban J connectivity index is 1.67. The Bertz CT molecular complexity index is 660. The van der Waals surface area contributed by atoms with Crippen molar-refractivity contribution >= 4 is 6.09 Å². The van der Waals surface area contributed by atoms with Crippen LogP contribution in [0, 0.1) is 0 Å². The molecule has 0 radical (unpaired) electrons. The summed E-state index contributed by atoms with van der Waals surface area (Å²) >= 11 is 0. The van der Waals surface area contributed by atoms with E-state index in [1.54, 1.807) is 24.3 Å². The van der Waals surface area contributed by atoms with E-state index < -0.39 is 19.6 Å². The highest BCUT2D eigenvalue weighted by molar-refractivity contribution is 5.66. The highest BCUT2D eigenvalue weighted by Crippen LogP contribution is 2.23. The topological polar surface area (TPSA) is 56.8 Å². The Morgan fingerprint density at radius 2 is 1.73 bits per heavy atom. The number of benzene rings is 2. The first-order valence-electron chi connectivity index (χ1n) is 8.29. The van der Waals surface area contributed by atoms with Gasteiger partial charge < -0.3 is 19.5 Å². The summed E-state index contributed by atoms with van der Waals surface area (Å²) in [7, 11) is 0. The van der Waals surface area contributed by atoms with Crippen LogP contribution in [-0.4, -0.2) is 25.9 Å². The Labute approximate surface area is 134 Å². The quantitative estimate of drug-likeness (QED) is 0.794. The molecule has 0 aliphatic carbocycles. The minimum Gasteiger partial charge on any atom is -0.492 e. The van der Waals surface area contributed by atoms with Crippen molar-refractivity contribution in [3.8, 4) is 17.2 Å². The van der Waals surface area contributed by atoms with Crippen LogP contribution in [0.4, 0.5) is 4.79 Å². The number of carbonyl (C=O) groups is 1. The maximum absolute atomic E-state index is 11.3. The number of hydrogen-bond donors (Lipinski definition) is 1. The first kappa shape index (κ1) is 11.9. The molecule has 1 amide bonds. The number of carbonyl (C=O) groups excluding carboxylic acids is 1. The van der Waals surface area contributed by atoms with Crippen LogP contribution in [0.5, 0.6) is 17.2 Å². The minimum atomic E-state index is -2.29. The van der Waals surface area contributed by atoms with E-state index in [1.165, 1.54) is 0 Å². The molecule has 0 saturated carbocycles. The zero-order valence-electron chi connectivity index (χ0n) is 15.0. The van der Waals surface area contributed by atoms with Gasteiger partial charge in [-0.3, -0.25) is 0 Å². The molecule has 2 rings (SSSR count). The van der Waals surface area contributed by atoms with Crippen molar-refractivity contribution in [2.75, 3.05) is 19.8 Å². The number of alkyl carbamates (subject to hydrolysis) is 1. The second-order valence-corrected chi connectivity index (χ2v) is 4.24. The molecule has 1 N–H and O–H groups in total. The molecule has 116 valence electrons. The molecule has 0 aliphatic rings. The van der Waals surface area contributed by atoms with Crippen molar-refractivity contribution in [3.63, 3.8) is 0 Å². The largest absolute Gasteiger partial charge is 0.492 e. The fraction of sp³-hybridized carbons (Fsp3) is 0.235. The fourth-order valence-corrected chi connectivity index (χ4v) is 1.67. The number of ether oxygens (including phenoxy) is 3. The van der Waals surface area contributed by atoms with Crippen LogP contribution in [0.1, 0.15) is 11.0 Å². The van der Waals surface area contributed by atoms with Crippen LogP contribution >= 0.6 is 0 Å². The lowest BCUT2D eigenvalue weighted by Crippen LogP contribution is -2.28. The van der Waals surface area contributed by atoms with E-state index in [1.807, 2.05) is 30.3 Å². The van der Waals surface area contributed by atoms with Gasteiger partial charge in [-0.1, -0.05) is 18.2 Å². The molecule has 5 heteroatoms. The Hall–Kier alpha value is -2.69. The van der Waals surface area contributed by atoms with Crippen molar-refractivity contribution in [2.45, 2.75) is 6.85 Å².